The minimum Gasteiger partial charge on any atom is -0.505 e. The van der Waals surface area contributed by atoms with Crippen molar-refractivity contribution in [1.29, 1.82) is 0 Å². The third-order valence-electron chi connectivity index (χ3n) is 8.28. The highest BCUT2D eigenvalue weighted by Crippen LogP contribution is 2.46. The molecule has 0 unspecified atom stereocenters. The van der Waals surface area contributed by atoms with Crippen molar-refractivity contribution in [3.63, 3.8) is 0 Å². The van der Waals surface area contributed by atoms with Crippen molar-refractivity contribution in [3.8, 4) is 34.1 Å². The van der Waals surface area contributed by atoms with Crippen LogP contribution in [0.25, 0.3) is 11.1 Å². The van der Waals surface area contributed by atoms with Gasteiger partial charge < -0.3 is 20.4 Å². The Morgan fingerprint density at radius 2 is 0.724 bits per heavy atom. The predicted molar refractivity (Wildman–Crippen MR) is 210 cm³/mol. The lowest BCUT2D eigenvalue weighted by Gasteiger charge is -2.08. The summed E-state index contributed by atoms with van der Waals surface area (Å²) in [4.78, 5) is -0.640. The van der Waals surface area contributed by atoms with Crippen LogP contribution in [0.4, 0.5) is 45.5 Å². The van der Waals surface area contributed by atoms with Gasteiger partial charge in [-0.05, 0) is 133 Å². The van der Waals surface area contributed by atoms with Crippen LogP contribution in [-0.4, -0.2) is 46.4 Å². The van der Waals surface area contributed by atoms with Gasteiger partial charge in [0, 0.05) is 0 Å². The molecule has 0 aliphatic carbocycles. The number of azo groups is 4. The van der Waals surface area contributed by atoms with Crippen LogP contribution in [0.1, 0.15) is 11.1 Å². The molecule has 6 rings (SSSR count). The Balaban J connectivity index is 1.16. The van der Waals surface area contributed by atoms with E-state index in [2.05, 4.69) is 40.9 Å². The Kier molecular flexibility index (Phi) is 11.5. The van der Waals surface area contributed by atoms with Crippen LogP contribution in [0, 0.1) is 13.8 Å². The number of phenols is 4. The zero-order valence-electron chi connectivity index (χ0n) is 30.1. The Labute approximate surface area is 330 Å². The highest BCUT2D eigenvalue weighted by atomic mass is 32.2. The SMILES string of the molecule is Cc1cc(-c2ccc(N=Nc3c(O)ccc(N=Nc4ccc(S(=O)(=O)O)cc4)c3O)c(C)c2)ccc1N=Nc1c(O)ccc(N=Nc2ccc(S(=O)(=O)O)cc2)c1O. The smallest absolute Gasteiger partial charge is 0.294 e. The molecule has 20 heteroatoms. The zero-order chi connectivity index (χ0) is 41.8. The van der Waals surface area contributed by atoms with Gasteiger partial charge in [0.15, 0.2) is 22.9 Å². The molecule has 0 aromatic heterocycles. The third kappa shape index (κ3) is 9.39. The molecule has 18 nitrogen and oxygen atoms in total. The summed E-state index contributed by atoms with van der Waals surface area (Å²) in [5.74, 6) is -1.74. The molecule has 0 aliphatic heterocycles. The zero-order valence-corrected chi connectivity index (χ0v) is 31.7. The van der Waals surface area contributed by atoms with Gasteiger partial charge in [-0.25, -0.2) is 0 Å². The largest absolute Gasteiger partial charge is 0.505 e. The Hall–Kier alpha value is -7.26. The van der Waals surface area contributed by atoms with Crippen LogP contribution >= 0.6 is 0 Å². The molecule has 0 saturated carbocycles. The Morgan fingerprint density at radius 3 is 1.05 bits per heavy atom. The van der Waals surface area contributed by atoms with Gasteiger partial charge in [-0.2, -0.15) is 37.3 Å². The number of aryl methyl sites for hydroxylation is 2. The first kappa shape index (κ1) is 40.4. The first-order valence-electron chi connectivity index (χ1n) is 16.6. The number of benzene rings is 6. The molecule has 0 heterocycles. The van der Waals surface area contributed by atoms with E-state index < -0.39 is 31.7 Å². The molecule has 6 aromatic rings. The maximum absolute atomic E-state index is 11.3. The van der Waals surface area contributed by atoms with E-state index in [0.29, 0.717) is 22.5 Å². The topological polar surface area (TPSA) is 289 Å². The minimum atomic E-state index is -4.38. The summed E-state index contributed by atoms with van der Waals surface area (Å²) in [5.41, 5.74) is 3.78. The van der Waals surface area contributed by atoms with Gasteiger partial charge in [-0.1, -0.05) is 12.1 Å². The summed E-state index contributed by atoms with van der Waals surface area (Å²) in [5, 5.41) is 74.6. The van der Waals surface area contributed by atoms with E-state index in [4.69, 9.17) is 9.11 Å². The molecule has 0 fully saturated rings. The molecular weight excluding hydrogens is 793 g/mol. The van der Waals surface area contributed by atoms with Crippen molar-refractivity contribution in [3.05, 3.63) is 120 Å². The van der Waals surface area contributed by atoms with E-state index in [1.807, 2.05) is 12.1 Å². The summed E-state index contributed by atoms with van der Waals surface area (Å²) >= 11 is 0. The predicted octanol–water partition coefficient (Wildman–Crippen LogP) is 10.9. The van der Waals surface area contributed by atoms with Crippen molar-refractivity contribution in [2.45, 2.75) is 23.6 Å². The minimum absolute atomic E-state index is 0.0496. The highest BCUT2D eigenvalue weighted by Gasteiger charge is 2.15. The summed E-state index contributed by atoms with van der Waals surface area (Å²) in [6, 6.07) is 25.6. The monoisotopic (exact) mass is 822 g/mol. The van der Waals surface area contributed by atoms with Crippen LogP contribution < -0.4 is 0 Å². The van der Waals surface area contributed by atoms with Crippen molar-refractivity contribution < 1.29 is 46.4 Å². The number of aromatic hydroxyl groups is 4. The molecule has 0 atom stereocenters. The Morgan fingerprint density at radius 1 is 0.397 bits per heavy atom. The van der Waals surface area contributed by atoms with Gasteiger partial charge in [0.2, 0.25) is 0 Å². The number of nitrogens with zero attached hydrogens (tertiary/aromatic N) is 8. The van der Waals surface area contributed by atoms with Crippen molar-refractivity contribution in [2.24, 2.45) is 40.9 Å². The van der Waals surface area contributed by atoms with Gasteiger partial charge in [-0.15, -0.1) is 20.5 Å². The average molecular weight is 823 g/mol. The fraction of sp³-hybridized carbons (Fsp3) is 0.0526. The van der Waals surface area contributed by atoms with E-state index in [0.717, 1.165) is 35.4 Å². The highest BCUT2D eigenvalue weighted by molar-refractivity contribution is 7.86. The maximum atomic E-state index is 11.3. The first-order chi connectivity index (χ1) is 27.5. The standard InChI is InChI=1S/C38H30N8O10S2/c1-21-19-23(3-13-29(21)41-45-35-33(47)17-15-31(37(35)49)43-39-25-5-9-27(10-6-25)57(51,52)53)24-4-14-30(22(2)20-24)42-46-36-34(48)18-16-32(38(36)50)44-40-26-7-11-28(12-8-26)58(54,55)56/h3-20,47-50H,1-2H3,(H,51,52,53)(H,54,55,56). The van der Waals surface area contributed by atoms with E-state index in [1.54, 1.807) is 38.1 Å². The molecule has 294 valence electrons. The fourth-order valence-corrected chi connectivity index (χ4v) is 6.13. The molecule has 0 amide bonds. The molecule has 6 aromatic carbocycles. The van der Waals surface area contributed by atoms with Crippen LogP contribution in [-0.2, 0) is 20.2 Å². The van der Waals surface area contributed by atoms with E-state index in [9.17, 15) is 37.3 Å². The number of hydrogen-bond acceptors (Lipinski definition) is 16. The molecule has 0 radical (unpaired) electrons. The summed E-state index contributed by atoms with van der Waals surface area (Å²) < 4.78 is 63.3. The second kappa shape index (κ2) is 16.5. The number of hydrogen-bond donors (Lipinski definition) is 6. The van der Waals surface area contributed by atoms with Crippen LogP contribution in [0.15, 0.2) is 160 Å². The molecule has 6 N–H and O–H groups in total. The van der Waals surface area contributed by atoms with Gasteiger partial charge in [0.25, 0.3) is 20.2 Å². The van der Waals surface area contributed by atoms with Crippen LogP contribution in [0.5, 0.6) is 23.0 Å². The molecular formula is C38H30N8O10S2. The van der Waals surface area contributed by atoms with Gasteiger partial charge in [0.05, 0.1) is 32.5 Å². The normalized spacial score (nSPS) is 12.4. The third-order valence-corrected chi connectivity index (χ3v) is 10.0. The summed E-state index contributed by atoms with van der Waals surface area (Å²) in [6.45, 7) is 3.61. The van der Waals surface area contributed by atoms with Gasteiger partial charge in [-0.3, -0.25) is 9.11 Å². The molecule has 0 bridgehead atoms. The molecule has 0 aliphatic rings. The lowest BCUT2D eigenvalue weighted by Crippen LogP contribution is -1.96. The quantitative estimate of drug-likeness (QED) is 0.0530. The van der Waals surface area contributed by atoms with Crippen LogP contribution in [0.2, 0.25) is 0 Å². The van der Waals surface area contributed by atoms with E-state index >= 15 is 0 Å². The van der Waals surface area contributed by atoms with Gasteiger partial charge in [0.1, 0.15) is 22.9 Å². The number of phenolic OH excluding ortho intramolecular Hbond substituents is 4. The Bertz CT molecular complexity index is 2700. The molecule has 0 saturated heterocycles. The lowest BCUT2D eigenvalue weighted by molar-refractivity contribution is 0.452. The maximum Gasteiger partial charge on any atom is 0.294 e. The van der Waals surface area contributed by atoms with E-state index in [1.165, 1.54) is 48.5 Å². The van der Waals surface area contributed by atoms with E-state index in [-0.39, 0.29) is 55.4 Å². The van der Waals surface area contributed by atoms with Crippen molar-refractivity contribution in [1.82, 2.24) is 0 Å². The fourth-order valence-electron chi connectivity index (χ4n) is 5.17. The first-order valence-corrected chi connectivity index (χ1v) is 19.5. The van der Waals surface area contributed by atoms with Crippen LogP contribution in [0.3, 0.4) is 0 Å². The summed E-state index contributed by atoms with van der Waals surface area (Å²) in [6.07, 6.45) is 0. The summed E-state index contributed by atoms with van der Waals surface area (Å²) in [7, 11) is -8.76. The second-order valence-corrected chi connectivity index (χ2v) is 15.2. The lowest BCUT2D eigenvalue weighted by atomic mass is 10.0. The number of rotatable bonds is 11. The average Bonchev–Trinajstić information content (AvgIpc) is 3.17. The molecule has 58 heavy (non-hydrogen) atoms. The second-order valence-electron chi connectivity index (χ2n) is 12.3. The molecule has 0 spiro atoms. The van der Waals surface area contributed by atoms with Crippen molar-refractivity contribution >= 4 is 65.7 Å². The van der Waals surface area contributed by atoms with Gasteiger partial charge >= 0.3 is 0 Å². The van der Waals surface area contributed by atoms with Crippen molar-refractivity contribution in [2.75, 3.05) is 0 Å².